The Morgan fingerprint density at radius 1 is 1.06 bits per heavy atom. The van der Waals surface area contributed by atoms with Crippen LogP contribution < -0.4 is 10.1 Å². The Kier molecular flexibility index (Phi) is 8.43. The highest BCUT2D eigenvalue weighted by molar-refractivity contribution is 5.99. The summed E-state index contributed by atoms with van der Waals surface area (Å²) in [5, 5.41) is 3.04. The van der Waals surface area contributed by atoms with Crippen molar-refractivity contribution >= 4 is 11.6 Å². The lowest BCUT2D eigenvalue weighted by Gasteiger charge is -2.36. The van der Waals surface area contributed by atoms with Gasteiger partial charge in [-0.15, -0.1) is 0 Å². The molecule has 0 aliphatic carbocycles. The van der Waals surface area contributed by atoms with Gasteiger partial charge in [0, 0.05) is 25.4 Å². The molecule has 0 saturated carbocycles. The van der Waals surface area contributed by atoms with Gasteiger partial charge < -0.3 is 19.7 Å². The minimum atomic E-state index is -0.717. The molecule has 168 valence electrons. The molecule has 5 nitrogen and oxygen atoms in total. The van der Waals surface area contributed by atoms with E-state index in [0.29, 0.717) is 38.3 Å². The third-order valence-electron chi connectivity index (χ3n) is 6.07. The molecule has 6 heteroatoms. The van der Waals surface area contributed by atoms with E-state index >= 15 is 0 Å². The molecular weight excluding hydrogens is 395 g/mol. The predicted octanol–water partition coefficient (Wildman–Crippen LogP) is 4.62. The van der Waals surface area contributed by atoms with E-state index in [0.717, 1.165) is 37.4 Å². The number of carbonyl (C=O) groups excluding carboxylic acids is 1. The van der Waals surface area contributed by atoms with E-state index in [2.05, 4.69) is 24.1 Å². The van der Waals surface area contributed by atoms with Crippen molar-refractivity contribution in [1.82, 2.24) is 4.90 Å². The fourth-order valence-corrected chi connectivity index (χ4v) is 4.04. The van der Waals surface area contributed by atoms with Crippen molar-refractivity contribution in [1.29, 1.82) is 0 Å². The van der Waals surface area contributed by atoms with Gasteiger partial charge in [-0.05, 0) is 74.3 Å². The third-order valence-corrected chi connectivity index (χ3v) is 6.07. The second-order valence-electron chi connectivity index (χ2n) is 7.91. The normalized spacial score (nSPS) is 15.6. The van der Waals surface area contributed by atoms with Crippen LogP contribution in [0.4, 0.5) is 10.1 Å². The molecule has 0 unspecified atom stereocenters. The molecule has 0 atom stereocenters. The zero-order chi connectivity index (χ0) is 22.1. The van der Waals surface area contributed by atoms with Gasteiger partial charge in [0.15, 0.2) is 0 Å². The second kappa shape index (κ2) is 11.3. The van der Waals surface area contributed by atoms with Crippen LogP contribution in [0.25, 0.3) is 0 Å². The SMILES string of the molecule is CCN(CC)CCCOc1ccc(NC(=O)C2(c3ccc(F)cc3)CCOCC2)cc1. The Hall–Kier alpha value is -2.44. The van der Waals surface area contributed by atoms with E-state index in [4.69, 9.17) is 9.47 Å². The number of carbonyl (C=O) groups is 1. The zero-order valence-electron chi connectivity index (χ0n) is 18.5. The zero-order valence-corrected chi connectivity index (χ0v) is 18.5. The fourth-order valence-electron chi connectivity index (χ4n) is 4.04. The molecular formula is C25H33FN2O3. The maximum absolute atomic E-state index is 13.4. The Labute approximate surface area is 184 Å². The van der Waals surface area contributed by atoms with Crippen molar-refractivity contribution in [2.24, 2.45) is 0 Å². The molecule has 1 aliphatic rings. The van der Waals surface area contributed by atoms with Crippen molar-refractivity contribution in [2.75, 3.05) is 44.8 Å². The van der Waals surface area contributed by atoms with Crippen molar-refractivity contribution in [2.45, 2.75) is 38.5 Å². The Bertz CT molecular complexity index is 814. The van der Waals surface area contributed by atoms with Crippen LogP contribution in [0.2, 0.25) is 0 Å². The summed E-state index contributed by atoms with van der Waals surface area (Å²) in [6.07, 6.45) is 2.11. The van der Waals surface area contributed by atoms with Gasteiger partial charge in [-0.2, -0.15) is 0 Å². The number of nitrogens with zero attached hydrogens (tertiary/aromatic N) is 1. The lowest BCUT2D eigenvalue weighted by Crippen LogP contribution is -2.44. The molecule has 1 saturated heterocycles. The van der Waals surface area contributed by atoms with Gasteiger partial charge in [-0.1, -0.05) is 26.0 Å². The van der Waals surface area contributed by atoms with Gasteiger partial charge in [-0.3, -0.25) is 4.79 Å². The minimum Gasteiger partial charge on any atom is -0.494 e. The minimum absolute atomic E-state index is 0.0877. The molecule has 2 aromatic rings. The predicted molar refractivity (Wildman–Crippen MR) is 121 cm³/mol. The first-order chi connectivity index (χ1) is 15.1. The van der Waals surface area contributed by atoms with Crippen LogP contribution >= 0.6 is 0 Å². The van der Waals surface area contributed by atoms with Gasteiger partial charge in [0.05, 0.1) is 12.0 Å². The largest absolute Gasteiger partial charge is 0.494 e. The first-order valence-electron chi connectivity index (χ1n) is 11.2. The number of ether oxygens (including phenoxy) is 2. The number of rotatable bonds is 10. The second-order valence-corrected chi connectivity index (χ2v) is 7.91. The van der Waals surface area contributed by atoms with E-state index in [9.17, 15) is 9.18 Å². The molecule has 31 heavy (non-hydrogen) atoms. The molecule has 1 heterocycles. The number of hydrogen-bond donors (Lipinski definition) is 1. The maximum atomic E-state index is 13.4. The van der Waals surface area contributed by atoms with Gasteiger partial charge in [0.25, 0.3) is 0 Å². The highest BCUT2D eigenvalue weighted by Gasteiger charge is 2.41. The Morgan fingerprint density at radius 2 is 1.71 bits per heavy atom. The first kappa shape index (κ1) is 23.2. The lowest BCUT2D eigenvalue weighted by molar-refractivity contribution is -0.125. The average molecular weight is 429 g/mol. The van der Waals surface area contributed by atoms with Gasteiger partial charge >= 0.3 is 0 Å². The summed E-state index contributed by atoms with van der Waals surface area (Å²) >= 11 is 0. The van der Waals surface area contributed by atoms with Gasteiger partial charge in [-0.25, -0.2) is 4.39 Å². The third kappa shape index (κ3) is 6.05. The van der Waals surface area contributed by atoms with Gasteiger partial charge in [0.1, 0.15) is 11.6 Å². The number of halogens is 1. The summed E-state index contributed by atoms with van der Waals surface area (Å²) in [5.41, 5.74) is 0.822. The van der Waals surface area contributed by atoms with E-state index in [1.807, 2.05) is 24.3 Å². The maximum Gasteiger partial charge on any atom is 0.235 e. The van der Waals surface area contributed by atoms with Crippen LogP contribution in [0.3, 0.4) is 0 Å². The standard InChI is InChI=1S/C25H33FN2O3/c1-3-28(4-2)16-5-17-31-23-12-10-22(11-13-23)27-24(29)25(14-18-30-19-15-25)20-6-8-21(26)9-7-20/h6-13H,3-5,14-19H2,1-2H3,(H,27,29). The molecule has 1 N–H and O–H groups in total. The van der Waals surface area contributed by atoms with Crippen LogP contribution in [0.1, 0.15) is 38.7 Å². The van der Waals surface area contributed by atoms with E-state index in [1.165, 1.54) is 12.1 Å². The van der Waals surface area contributed by atoms with Crippen LogP contribution in [-0.4, -0.2) is 50.3 Å². The van der Waals surface area contributed by atoms with Crippen molar-refractivity contribution in [3.8, 4) is 5.75 Å². The highest BCUT2D eigenvalue weighted by atomic mass is 19.1. The molecule has 1 amide bonds. The van der Waals surface area contributed by atoms with E-state index in [1.54, 1.807) is 12.1 Å². The van der Waals surface area contributed by atoms with Crippen molar-refractivity contribution in [3.63, 3.8) is 0 Å². The summed E-state index contributed by atoms with van der Waals surface area (Å²) in [4.78, 5) is 15.7. The van der Waals surface area contributed by atoms with Crippen LogP contribution in [-0.2, 0) is 14.9 Å². The molecule has 0 aromatic heterocycles. The van der Waals surface area contributed by atoms with Crippen molar-refractivity contribution in [3.05, 3.63) is 59.9 Å². The van der Waals surface area contributed by atoms with E-state index in [-0.39, 0.29) is 11.7 Å². The summed E-state index contributed by atoms with van der Waals surface area (Å²) < 4.78 is 24.7. The number of benzene rings is 2. The highest BCUT2D eigenvalue weighted by Crippen LogP contribution is 2.36. The first-order valence-corrected chi connectivity index (χ1v) is 11.2. The average Bonchev–Trinajstić information content (AvgIpc) is 2.81. The molecule has 3 rings (SSSR count). The monoisotopic (exact) mass is 428 g/mol. The topological polar surface area (TPSA) is 50.8 Å². The van der Waals surface area contributed by atoms with Crippen LogP contribution in [0.5, 0.6) is 5.75 Å². The summed E-state index contributed by atoms with van der Waals surface area (Å²) in [5.74, 6) is 0.395. The van der Waals surface area contributed by atoms with Crippen molar-refractivity contribution < 1.29 is 18.7 Å². The van der Waals surface area contributed by atoms with Crippen LogP contribution in [0, 0.1) is 5.82 Å². The number of hydrogen-bond acceptors (Lipinski definition) is 4. The molecule has 0 spiro atoms. The molecule has 1 fully saturated rings. The molecule has 0 bridgehead atoms. The Morgan fingerprint density at radius 3 is 2.32 bits per heavy atom. The quantitative estimate of drug-likeness (QED) is 0.561. The number of anilines is 1. The summed E-state index contributed by atoms with van der Waals surface area (Å²) in [6.45, 7) is 9.13. The summed E-state index contributed by atoms with van der Waals surface area (Å²) in [6, 6.07) is 13.7. The smallest absolute Gasteiger partial charge is 0.235 e. The molecule has 1 aliphatic heterocycles. The molecule has 2 aromatic carbocycles. The number of amides is 1. The Balaban J connectivity index is 1.60. The fraction of sp³-hybridized carbons (Fsp3) is 0.480. The van der Waals surface area contributed by atoms with E-state index < -0.39 is 5.41 Å². The van der Waals surface area contributed by atoms with Gasteiger partial charge in [0.2, 0.25) is 5.91 Å². The number of nitrogens with one attached hydrogen (secondary N) is 1. The summed E-state index contributed by atoms with van der Waals surface area (Å²) in [7, 11) is 0. The lowest BCUT2D eigenvalue weighted by atomic mass is 9.73. The van der Waals surface area contributed by atoms with Crippen LogP contribution in [0.15, 0.2) is 48.5 Å². The molecule has 0 radical (unpaired) electrons.